The van der Waals surface area contributed by atoms with Crippen molar-refractivity contribution in [1.82, 2.24) is 0 Å². The molecule has 1 amide bonds. The quantitative estimate of drug-likeness (QED) is 0.461. The van der Waals surface area contributed by atoms with Crippen LogP contribution in [0.15, 0.2) is 78.9 Å². The van der Waals surface area contributed by atoms with Crippen molar-refractivity contribution in [3.8, 4) is 11.1 Å². The van der Waals surface area contributed by atoms with Gasteiger partial charge in [0.05, 0.1) is 12.7 Å². The molecular weight excluding hydrogens is 376 g/mol. The van der Waals surface area contributed by atoms with Crippen LogP contribution in [0.25, 0.3) is 11.1 Å². The van der Waals surface area contributed by atoms with Gasteiger partial charge in [-0.3, -0.25) is 4.79 Å². The van der Waals surface area contributed by atoms with E-state index in [2.05, 4.69) is 41.7 Å². The van der Waals surface area contributed by atoms with Crippen LogP contribution in [0.3, 0.4) is 0 Å². The molecule has 0 heterocycles. The molecule has 0 spiro atoms. The molecule has 3 aromatic carbocycles. The van der Waals surface area contributed by atoms with E-state index in [1.54, 1.807) is 24.3 Å². The van der Waals surface area contributed by atoms with Crippen molar-refractivity contribution in [3.05, 3.63) is 90.0 Å². The van der Waals surface area contributed by atoms with Crippen molar-refractivity contribution in [2.75, 3.05) is 11.9 Å². The summed E-state index contributed by atoms with van der Waals surface area (Å²) in [4.78, 5) is 12.0. The lowest BCUT2D eigenvalue weighted by molar-refractivity contribution is -0.121. The number of carbonyl (C=O) groups excluding carboxylic acids is 1. The standard InChI is InChI=1S/C25H28N2O3/c1-25(26,17-28)24(30)27-22-14-12-21(13-15-22)23(29)16-9-18-7-10-20(11-8-18)19-5-3-2-4-6-19/h2-8,10-15,23,28-29H,9,16-17,26H2,1H3,(H,27,30). The molecule has 3 rings (SSSR count). The fraction of sp³-hybridized carbons (Fsp3) is 0.240. The van der Waals surface area contributed by atoms with Gasteiger partial charge in [-0.2, -0.15) is 0 Å². The van der Waals surface area contributed by atoms with Gasteiger partial charge in [0.25, 0.3) is 0 Å². The Balaban J connectivity index is 1.55. The molecule has 5 heteroatoms. The molecule has 156 valence electrons. The number of hydrogen-bond donors (Lipinski definition) is 4. The van der Waals surface area contributed by atoms with Gasteiger partial charge >= 0.3 is 0 Å². The van der Waals surface area contributed by atoms with E-state index in [-0.39, 0.29) is 0 Å². The summed E-state index contributed by atoms with van der Waals surface area (Å²) < 4.78 is 0. The number of aliphatic hydroxyl groups excluding tert-OH is 2. The van der Waals surface area contributed by atoms with Crippen LogP contribution >= 0.6 is 0 Å². The van der Waals surface area contributed by atoms with Crippen molar-refractivity contribution < 1.29 is 15.0 Å². The normalized spacial score (nSPS) is 14.0. The lowest BCUT2D eigenvalue weighted by Gasteiger charge is -2.20. The number of amides is 1. The van der Waals surface area contributed by atoms with Gasteiger partial charge in [-0.1, -0.05) is 66.7 Å². The highest BCUT2D eigenvalue weighted by molar-refractivity contribution is 5.97. The molecule has 5 N–H and O–H groups in total. The second kappa shape index (κ2) is 9.67. The zero-order valence-corrected chi connectivity index (χ0v) is 17.1. The zero-order valence-electron chi connectivity index (χ0n) is 17.1. The topological polar surface area (TPSA) is 95.6 Å². The summed E-state index contributed by atoms with van der Waals surface area (Å²) in [5.74, 6) is -0.461. The molecular formula is C25H28N2O3. The third-order valence-corrected chi connectivity index (χ3v) is 5.17. The summed E-state index contributed by atoms with van der Waals surface area (Å²) in [6.07, 6.45) is 0.763. The van der Waals surface area contributed by atoms with Crippen molar-refractivity contribution in [1.29, 1.82) is 0 Å². The van der Waals surface area contributed by atoms with Gasteiger partial charge in [0.15, 0.2) is 0 Å². The lowest BCUT2D eigenvalue weighted by atomic mass is 9.99. The Labute approximate surface area is 177 Å². The number of anilines is 1. The second-order valence-electron chi connectivity index (χ2n) is 7.77. The number of rotatable bonds is 8. The second-order valence-corrected chi connectivity index (χ2v) is 7.77. The Morgan fingerprint density at radius 1 is 0.967 bits per heavy atom. The smallest absolute Gasteiger partial charge is 0.246 e. The number of nitrogens with two attached hydrogens (primary N) is 1. The van der Waals surface area contributed by atoms with E-state index in [4.69, 9.17) is 10.8 Å². The molecule has 0 bridgehead atoms. The maximum atomic E-state index is 12.0. The molecule has 0 fully saturated rings. The fourth-order valence-electron chi connectivity index (χ4n) is 3.10. The number of nitrogens with one attached hydrogen (secondary N) is 1. The van der Waals surface area contributed by atoms with Gasteiger partial charge in [0.2, 0.25) is 5.91 Å². The van der Waals surface area contributed by atoms with Crippen LogP contribution in [0, 0.1) is 0 Å². The zero-order chi connectivity index (χ0) is 21.6. The molecule has 0 saturated carbocycles. The lowest BCUT2D eigenvalue weighted by Crippen LogP contribution is -2.51. The Kier molecular flexibility index (Phi) is 7.00. The summed E-state index contributed by atoms with van der Waals surface area (Å²) in [6, 6.07) is 25.6. The first-order valence-electron chi connectivity index (χ1n) is 10.0. The summed E-state index contributed by atoms with van der Waals surface area (Å²) >= 11 is 0. The number of hydrogen-bond acceptors (Lipinski definition) is 4. The van der Waals surface area contributed by atoms with E-state index in [0.29, 0.717) is 12.1 Å². The average molecular weight is 405 g/mol. The first-order valence-corrected chi connectivity index (χ1v) is 10.0. The summed E-state index contributed by atoms with van der Waals surface area (Å²) in [5.41, 5.74) is 9.26. The Hall–Kier alpha value is -2.99. The van der Waals surface area contributed by atoms with Crippen LogP contribution in [0.5, 0.6) is 0 Å². The van der Waals surface area contributed by atoms with Crippen LogP contribution in [-0.2, 0) is 11.2 Å². The maximum absolute atomic E-state index is 12.0. The summed E-state index contributed by atoms with van der Waals surface area (Å²) in [6.45, 7) is 1.02. The molecule has 0 aliphatic rings. The average Bonchev–Trinajstić information content (AvgIpc) is 2.79. The van der Waals surface area contributed by atoms with E-state index in [9.17, 15) is 9.90 Å². The van der Waals surface area contributed by atoms with E-state index in [0.717, 1.165) is 12.0 Å². The molecule has 0 radical (unpaired) electrons. The van der Waals surface area contributed by atoms with E-state index in [1.165, 1.54) is 23.6 Å². The van der Waals surface area contributed by atoms with Gasteiger partial charge in [0, 0.05) is 5.69 Å². The Morgan fingerprint density at radius 2 is 1.57 bits per heavy atom. The fourth-order valence-corrected chi connectivity index (χ4v) is 3.10. The highest BCUT2D eigenvalue weighted by Gasteiger charge is 2.27. The molecule has 2 atom stereocenters. The van der Waals surface area contributed by atoms with Gasteiger partial charge < -0.3 is 21.3 Å². The van der Waals surface area contributed by atoms with Gasteiger partial charge in [-0.25, -0.2) is 0 Å². The van der Waals surface area contributed by atoms with E-state index < -0.39 is 24.2 Å². The SMILES string of the molecule is CC(N)(CO)C(=O)Nc1ccc(C(O)CCc2ccc(-c3ccccc3)cc2)cc1. The van der Waals surface area contributed by atoms with E-state index in [1.807, 2.05) is 18.2 Å². The minimum absolute atomic E-state index is 0.443. The molecule has 5 nitrogen and oxygen atoms in total. The molecule has 0 aliphatic heterocycles. The molecule has 30 heavy (non-hydrogen) atoms. The van der Waals surface area contributed by atoms with Crippen molar-refractivity contribution >= 4 is 11.6 Å². The van der Waals surface area contributed by atoms with Gasteiger partial charge in [-0.05, 0) is 54.2 Å². The minimum atomic E-state index is -1.34. The molecule has 0 saturated heterocycles. The third kappa shape index (κ3) is 5.54. The van der Waals surface area contributed by atoms with Crippen molar-refractivity contribution in [3.63, 3.8) is 0 Å². The third-order valence-electron chi connectivity index (χ3n) is 5.17. The number of aliphatic hydroxyl groups is 2. The number of aryl methyl sites for hydroxylation is 1. The van der Waals surface area contributed by atoms with Crippen LogP contribution in [0.4, 0.5) is 5.69 Å². The van der Waals surface area contributed by atoms with Crippen molar-refractivity contribution in [2.45, 2.75) is 31.4 Å². The Morgan fingerprint density at radius 3 is 2.17 bits per heavy atom. The minimum Gasteiger partial charge on any atom is -0.394 e. The molecule has 2 unspecified atom stereocenters. The van der Waals surface area contributed by atoms with Crippen LogP contribution < -0.4 is 11.1 Å². The molecule has 0 aliphatic carbocycles. The van der Waals surface area contributed by atoms with Gasteiger partial charge in [-0.15, -0.1) is 0 Å². The molecule has 0 aromatic heterocycles. The predicted molar refractivity (Wildman–Crippen MR) is 120 cm³/mol. The summed E-state index contributed by atoms with van der Waals surface area (Å²) in [5, 5.41) is 22.4. The summed E-state index contributed by atoms with van der Waals surface area (Å²) in [7, 11) is 0. The maximum Gasteiger partial charge on any atom is 0.246 e. The number of carbonyl (C=O) groups is 1. The van der Waals surface area contributed by atoms with Crippen molar-refractivity contribution in [2.24, 2.45) is 5.73 Å². The largest absolute Gasteiger partial charge is 0.394 e. The predicted octanol–water partition coefficient (Wildman–Crippen LogP) is 3.67. The van der Waals surface area contributed by atoms with E-state index >= 15 is 0 Å². The van der Waals surface area contributed by atoms with Gasteiger partial charge in [0.1, 0.15) is 5.54 Å². The Bertz CT molecular complexity index is 952. The molecule has 3 aromatic rings. The highest BCUT2D eigenvalue weighted by Crippen LogP contribution is 2.23. The van der Waals surface area contributed by atoms with Crippen LogP contribution in [-0.4, -0.2) is 28.3 Å². The number of benzene rings is 3. The van der Waals surface area contributed by atoms with Crippen LogP contribution in [0.2, 0.25) is 0 Å². The first kappa shape index (κ1) is 21.7. The van der Waals surface area contributed by atoms with Crippen LogP contribution in [0.1, 0.15) is 30.6 Å². The monoisotopic (exact) mass is 404 g/mol. The highest BCUT2D eigenvalue weighted by atomic mass is 16.3. The first-order chi connectivity index (χ1) is 14.4.